The summed E-state index contributed by atoms with van der Waals surface area (Å²) in [6, 6.07) is 8.72. The van der Waals surface area contributed by atoms with Gasteiger partial charge in [-0.25, -0.2) is 0 Å². The van der Waals surface area contributed by atoms with Gasteiger partial charge in [0.25, 0.3) is 5.91 Å². The van der Waals surface area contributed by atoms with Gasteiger partial charge in [-0.15, -0.1) is 0 Å². The van der Waals surface area contributed by atoms with Gasteiger partial charge in [0, 0.05) is 17.1 Å². The van der Waals surface area contributed by atoms with E-state index in [1.54, 1.807) is 18.4 Å². The number of amides is 1. The lowest BCUT2D eigenvalue weighted by molar-refractivity contribution is 0.102. The highest BCUT2D eigenvalue weighted by Gasteiger charge is 2.17. The highest BCUT2D eigenvalue weighted by Crippen LogP contribution is 2.31. The van der Waals surface area contributed by atoms with Crippen LogP contribution in [0.3, 0.4) is 0 Å². The lowest BCUT2D eigenvalue weighted by Crippen LogP contribution is -2.13. The molecule has 3 N–H and O–H groups in total. The van der Waals surface area contributed by atoms with Gasteiger partial charge in [0.05, 0.1) is 34.1 Å². The molecule has 0 saturated heterocycles. The van der Waals surface area contributed by atoms with Gasteiger partial charge in [0.15, 0.2) is 0 Å². The molecule has 3 rings (SSSR count). The zero-order valence-electron chi connectivity index (χ0n) is 13.8. The van der Waals surface area contributed by atoms with Crippen LogP contribution in [-0.2, 0) is 6.54 Å². The summed E-state index contributed by atoms with van der Waals surface area (Å²) in [7, 11) is 0. The molecule has 0 aliphatic rings. The smallest absolute Gasteiger partial charge is 0.257 e. The number of nitrogens with zero attached hydrogens (tertiary/aromatic N) is 1. The van der Waals surface area contributed by atoms with Gasteiger partial charge >= 0.3 is 0 Å². The Morgan fingerprint density at radius 1 is 1.24 bits per heavy atom. The van der Waals surface area contributed by atoms with E-state index in [0.717, 1.165) is 17.1 Å². The van der Waals surface area contributed by atoms with E-state index in [9.17, 15) is 4.79 Å². The van der Waals surface area contributed by atoms with Crippen LogP contribution in [0.1, 0.15) is 27.5 Å². The predicted molar refractivity (Wildman–Crippen MR) is 101 cm³/mol. The van der Waals surface area contributed by atoms with Crippen LogP contribution in [0.4, 0.5) is 11.4 Å². The summed E-state index contributed by atoms with van der Waals surface area (Å²) in [6.07, 6.45) is 1.63. The average molecular weight is 378 g/mol. The van der Waals surface area contributed by atoms with Crippen LogP contribution >= 0.6 is 23.2 Å². The number of carbonyl (C=O) groups is 1. The van der Waals surface area contributed by atoms with Crippen molar-refractivity contribution < 1.29 is 9.21 Å². The minimum Gasteiger partial charge on any atom is -0.467 e. The molecule has 0 fully saturated rings. The monoisotopic (exact) mass is 377 g/mol. The van der Waals surface area contributed by atoms with Gasteiger partial charge in [-0.05, 0) is 44.2 Å². The third-order valence-electron chi connectivity index (χ3n) is 4.05. The van der Waals surface area contributed by atoms with Gasteiger partial charge in [-0.2, -0.15) is 0 Å². The Balaban J connectivity index is 1.85. The van der Waals surface area contributed by atoms with E-state index in [2.05, 4.69) is 5.32 Å². The molecule has 3 aromatic rings. The Hall–Kier alpha value is -2.37. The molecule has 0 radical (unpaired) electrons. The third kappa shape index (κ3) is 3.52. The summed E-state index contributed by atoms with van der Waals surface area (Å²) in [5.41, 5.74) is 8.88. The number of aryl methyl sites for hydroxylation is 1. The summed E-state index contributed by atoms with van der Waals surface area (Å²) in [4.78, 5) is 12.6. The van der Waals surface area contributed by atoms with Crippen LogP contribution < -0.4 is 11.1 Å². The first-order valence-electron chi connectivity index (χ1n) is 7.61. The van der Waals surface area contributed by atoms with Crippen molar-refractivity contribution >= 4 is 40.5 Å². The van der Waals surface area contributed by atoms with Gasteiger partial charge < -0.3 is 20.0 Å². The van der Waals surface area contributed by atoms with Crippen molar-refractivity contribution in [1.82, 2.24) is 4.57 Å². The average Bonchev–Trinajstić information content (AvgIpc) is 3.16. The quantitative estimate of drug-likeness (QED) is 0.635. The van der Waals surface area contributed by atoms with Crippen LogP contribution in [0.25, 0.3) is 0 Å². The van der Waals surface area contributed by atoms with E-state index >= 15 is 0 Å². The molecule has 2 aromatic heterocycles. The number of nitrogens with one attached hydrogen (secondary N) is 1. The normalized spacial score (nSPS) is 10.9. The summed E-state index contributed by atoms with van der Waals surface area (Å²) in [5, 5.41) is 3.40. The number of halogens is 2. The summed E-state index contributed by atoms with van der Waals surface area (Å²) < 4.78 is 7.41. The van der Waals surface area contributed by atoms with Crippen LogP contribution in [0, 0.1) is 13.8 Å². The van der Waals surface area contributed by atoms with Gasteiger partial charge in [0.2, 0.25) is 0 Å². The van der Waals surface area contributed by atoms with Crippen molar-refractivity contribution in [3.8, 4) is 0 Å². The summed E-state index contributed by atoms with van der Waals surface area (Å²) >= 11 is 12.0. The molecule has 130 valence electrons. The fourth-order valence-corrected chi connectivity index (χ4v) is 3.17. The molecule has 0 unspecified atom stereocenters. The number of hydrogen-bond acceptors (Lipinski definition) is 3. The van der Waals surface area contributed by atoms with E-state index in [-0.39, 0.29) is 11.6 Å². The number of nitrogens with two attached hydrogens (primary N) is 1. The molecular weight excluding hydrogens is 361 g/mol. The first-order chi connectivity index (χ1) is 11.9. The van der Waals surface area contributed by atoms with E-state index < -0.39 is 0 Å². The van der Waals surface area contributed by atoms with Crippen LogP contribution in [-0.4, -0.2) is 10.5 Å². The maximum absolute atomic E-state index is 12.6. The van der Waals surface area contributed by atoms with Gasteiger partial charge in [-0.3, -0.25) is 4.79 Å². The Morgan fingerprint density at radius 2 is 1.92 bits per heavy atom. The number of carbonyl (C=O) groups excluding carboxylic acids is 1. The van der Waals surface area contributed by atoms with Crippen LogP contribution in [0.15, 0.2) is 41.0 Å². The minimum absolute atomic E-state index is 0.240. The molecule has 0 bridgehead atoms. The predicted octanol–water partition coefficient (Wildman–Crippen LogP) is 4.89. The van der Waals surface area contributed by atoms with Crippen molar-refractivity contribution in [2.45, 2.75) is 20.4 Å². The number of anilines is 2. The van der Waals surface area contributed by atoms with Crippen LogP contribution in [0.2, 0.25) is 10.0 Å². The first-order valence-corrected chi connectivity index (χ1v) is 8.37. The van der Waals surface area contributed by atoms with E-state index in [1.807, 2.05) is 36.6 Å². The third-order valence-corrected chi connectivity index (χ3v) is 4.67. The Labute approximate surface area is 155 Å². The minimum atomic E-state index is -0.240. The Bertz CT molecular complexity index is 907. The number of aromatic nitrogens is 1. The van der Waals surface area contributed by atoms with Gasteiger partial charge in [0.1, 0.15) is 5.76 Å². The van der Waals surface area contributed by atoms with E-state index in [0.29, 0.717) is 27.8 Å². The molecule has 1 amide bonds. The Morgan fingerprint density at radius 3 is 2.52 bits per heavy atom. The van der Waals surface area contributed by atoms with Crippen molar-refractivity contribution in [3.63, 3.8) is 0 Å². The van der Waals surface area contributed by atoms with Crippen molar-refractivity contribution in [1.29, 1.82) is 0 Å². The van der Waals surface area contributed by atoms with Crippen LogP contribution in [0.5, 0.6) is 0 Å². The maximum Gasteiger partial charge on any atom is 0.257 e. The number of rotatable bonds is 4. The zero-order valence-corrected chi connectivity index (χ0v) is 15.3. The largest absolute Gasteiger partial charge is 0.467 e. The molecule has 1 aromatic carbocycles. The molecule has 0 aliphatic carbocycles. The number of nitrogen functional groups attached to an aromatic ring is 1. The molecule has 2 heterocycles. The molecule has 0 spiro atoms. The first kappa shape index (κ1) is 17.5. The topological polar surface area (TPSA) is 73.2 Å². The standard InChI is InChI=1S/C18H17Cl2N3O2/c1-10-6-14(11(2)23(10)9-13-4-3-5-25-13)18(24)22-12-7-15(19)17(21)16(20)8-12/h3-8H,9,21H2,1-2H3,(H,22,24). The summed E-state index contributed by atoms with van der Waals surface area (Å²) in [5.74, 6) is 0.585. The summed E-state index contributed by atoms with van der Waals surface area (Å²) in [6.45, 7) is 4.41. The molecular formula is C18H17Cl2N3O2. The van der Waals surface area contributed by atoms with E-state index in [1.165, 1.54) is 0 Å². The molecule has 0 saturated carbocycles. The van der Waals surface area contributed by atoms with Gasteiger partial charge in [-0.1, -0.05) is 23.2 Å². The second-order valence-corrected chi connectivity index (χ2v) is 6.57. The fraction of sp³-hybridized carbons (Fsp3) is 0.167. The molecule has 7 heteroatoms. The SMILES string of the molecule is Cc1cc(C(=O)Nc2cc(Cl)c(N)c(Cl)c2)c(C)n1Cc1ccco1. The lowest BCUT2D eigenvalue weighted by atomic mass is 10.2. The van der Waals surface area contributed by atoms with E-state index in [4.69, 9.17) is 33.4 Å². The molecule has 5 nitrogen and oxygen atoms in total. The lowest BCUT2D eigenvalue weighted by Gasteiger charge is -2.10. The molecule has 0 atom stereocenters. The van der Waals surface area contributed by atoms with Crippen molar-refractivity contribution in [2.75, 3.05) is 11.1 Å². The molecule has 25 heavy (non-hydrogen) atoms. The van der Waals surface area contributed by atoms with Crippen molar-refractivity contribution in [3.05, 3.63) is 69.4 Å². The number of hydrogen-bond donors (Lipinski definition) is 2. The fourth-order valence-electron chi connectivity index (χ4n) is 2.69. The van der Waals surface area contributed by atoms with Crippen molar-refractivity contribution in [2.24, 2.45) is 0 Å². The highest BCUT2D eigenvalue weighted by molar-refractivity contribution is 6.39. The second-order valence-electron chi connectivity index (χ2n) is 5.76. The second kappa shape index (κ2) is 6.86. The number of furan rings is 1. The number of benzene rings is 1. The zero-order chi connectivity index (χ0) is 18.1. The maximum atomic E-state index is 12.6. The highest BCUT2D eigenvalue weighted by atomic mass is 35.5. The Kier molecular flexibility index (Phi) is 4.79. The molecule has 0 aliphatic heterocycles.